The zero-order chi connectivity index (χ0) is 29.5. The number of nitrogens with zero attached hydrogens (tertiary/aromatic N) is 1. The minimum Gasteiger partial charge on any atom is -0.455 e. The summed E-state index contributed by atoms with van der Waals surface area (Å²) >= 11 is 0. The van der Waals surface area contributed by atoms with Crippen LogP contribution in [-0.4, -0.2) is 4.98 Å². The highest BCUT2D eigenvalue weighted by atomic mass is 16.3. The highest BCUT2D eigenvalue weighted by molar-refractivity contribution is 6.29. The van der Waals surface area contributed by atoms with E-state index in [1.165, 1.54) is 43.4 Å². The zero-order valence-electron chi connectivity index (χ0n) is 24.3. The molecule has 0 spiro atoms. The molecule has 0 radical (unpaired) electrons. The minimum atomic E-state index is 0.901. The molecule has 0 unspecified atom stereocenters. The average molecular weight is 572 g/mol. The van der Waals surface area contributed by atoms with Gasteiger partial charge in [0.05, 0.1) is 11.2 Å². The maximum Gasteiger partial charge on any atom is 0.144 e. The average Bonchev–Trinajstić information content (AvgIpc) is 3.49. The van der Waals surface area contributed by atoms with Gasteiger partial charge in [-0.25, -0.2) is 4.98 Å². The number of rotatable bonds is 2. The van der Waals surface area contributed by atoms with Crippen LogP contribution in [0.2, 0.25) is 0 Å². The Morgan fingerprint density at radius 1 is 0.378 bits per heavy atom. The molecule has 208 valence electrons. The predicted molar refractivity (Wildman–Crippen MR) is 190 cm³/mol. The first-order chi connectivity index (χ1) is 22.3. The Morgan fingerprint density at radius 2 is 0.933 bits per heavy atom. The lowest BCUT2D eigenvalue weighted by molar-refractivity contribution is 0.673. The van der Waals surface area contributed by atoms with E-state index in [0.29, 0.717) is 0 Å². The highest BCUT2D eigenvalue weighted by Crippen LogP contribution is 2.48. The van der Waals surface area contributed by atoms with Crippen LogP contribution in [0.5, 0.6) is 0 Å². The van der Waals surface area contributed by atoms with Gasteiger partial charge in [-0.3, -0.25) is 0 Å². The molecule has 2 heteroatoms. The highest BCUT2D eigenvalue weighted by Gasteiger charge is 2.22. The zero-order valence-corrected chi connectivity index (χ0v) is 24.3. The summed E-state index contributed by atoms with van der Waals surface area (Å²) in [5.41, 5.74) is 7.39. The van der Waals surface area contributed by atoms with Crippen LogP contribution in [0.15, 0.2) is 156 Å². The predicted octanol–water partition coefficient (Wildman–Crippen LogP) is 12.1. The van der Waals surface area contributed by atoms with E-state index in [-0.39, 0.29) is 0 Å². The van der Waals surface area contributed by atoms with Gasteiger partial charge in [-0.05, 0) is 61.6 Å². The first kappa shape index (κ1) is 24.5. The van der Waals surface area contributed by atoms with Crippen molar-refractivity contribution in [3.63, 3.8) is 0 Å². The van der Waals surface area contributed by atoms with E-state index in [9.17, 15) is 0 Å². The monoisotopic (exact) mass is 571 g/mol. The van der Waals surface area contributed by atoms with E-state index in [2.05, 4.69) is 146 Å². The van der Waals surface area contributed by atoms with Crippen LogP contribution in [0.25, 0.3) is 98.3 Å². The number of hydrogen-bond donors (Lipinski definition) is 0. The first-order valence-electron chi connectivity index (χ1n) is 15.4. The molecule has 0 fully saturated rings. The van der Waals surface area contributed by atoms with Crippen LogP contribution in [-0.2, 0) is 0 Å². The summed E-state index contributed by atoms with van der Waals surface area (Å²) < 4.78 is 6.63. The summed E-state index contributed by atoms with van der Waals surface area (Å²) in [6.07, 6.45) is 0. The molecule has 10 aromatic rings. The molecule has 0 bridgehead atoms. The fourth-order valence-corrected chi connectivity index (χ4v) is 7.52. The van der Waals surface area contributed by atoms with Crippen LogP contribution >= 0.6 is 0 Å². The Balaban J connectivity index is 1.41. The van der Waals surface area contributed by atoms with Crippen LogP contribution in [0, 0.1) is 0 Å². The number of aromatic nitrogens is 1. The standard InChI is InChI=1S/C43H25NO/c1-2-14-27-26(12-1)13-11-21-29(27)39-30-16-3-5-18-32(30)40(33-19-6-4-17-31(33)39)42-36-25-24-34-28-15-8-10-23-38(28)45-43(34)41(36)35-20-7-9-22-37(35)44-42/h1-25H. The minimum absolute atomic E-state index is 0.901. The topological polar surface area (TPSA) is 26.0 Å². The smallest absolute Gasteiger partial charge is 0.144 e. The van der Waals surface area contributed by atoms with Gasteiger partial charge in [-0.15, -0.1) is 0 Å². The molecule has 0 aliphatic rings. The molecule has 2 nitrogen and oxygen atoms in total. The van der Waals surface area contributed by atoms with Crippen molar-refractivity contribution in [2.75, 3.05) is 0 Å². The van der Waals surface area contributed by atoms with Crippen LogP contribution < -0.4 is 0 Å². The normalized spacial score (nSPS) is 12.0. The van der Waals surface area contributed by atoms with Crippen LogP contribution in [0.3, 0.4) is 0 Å². The molecule has 0 atom stereocenters. The van der Waals surface area contributed by atoms with Gasteiger partial charge in [0, 0.05) is 32.5 Å². The van der Waals surface area contributed by atoms with Gasteiger partial charge in [-0.1, -0.05) is 133 Å². The second kappa shape index (κ2) is 9.25. The van der Waals surface area contributed by atoms with Gasteiger partial charge in [0.25, 0.3) is 0 Å². The quantitative estimate of drug-likeness (QED) is 0.152. The van der Waals surface area contributed by atoms with Crippen molar-refractivity contribution in [2.24, 2.45) is 0 Å². The third-order valence-corrected chi connectivity index (χ3v) is 9.43. The van der Waals surface area contributed by atoms with Crippen molar-refractivity contribution in [1.29, 1.82) is 0 Å². The largest absolute Gasteiger partial charge is 0.455 e. The summed E-state index contributed by atoms with van der Waals surface area (Å²) in [5.74, 6) is 0. The third kappa shape index (κ3) is 3.42. The molecular weight excluding hydrogens is 546 g/mol. The van der Waals surface area contributed by atoms with Gasteiger partial charge in [0.1, 0.15) is 11.2 Å². The van der Waals surface area contributed by atoms with Gasteiger partial charge >= 0.3 is 0 Å². The van der Waals surface area contributed by atoms with E-state index in [0.717, 1.165) is 54.9 Å². The Kier molecular flexibility index (Phi) is 5.03. The molecular formula is C43H25NO. The third-order valence-electron chi connectivity index (χ3n) is 9.43. The van der Waals surface area contributed by atoms with Crippen molar-refractivity contribution < 1.29 is 4.42 Å². The number of pyridine rings is 1. The summed E-state index contributed by atoms with van der Waals surface area (Å²) in [6.45, 7) is 0. The fraction of sp³-hybridized carbons (Fsp3) is 0. The molecule has 2 heterocycles. The van der Waals surface area contributed by atoms with Gasteiger partial charge in [-0.2, -0.15) is 0 Å². The molecule has 0 saturated heterocycles. The van der Waals surface area contributed by atoms with E-state index < -0.39 is 0 Å². The van der Waals surface area contributed by atoms with Crippen molar-refractivity contribution in [3.05, 3.63) is 152 Å². The molecule has 0 aliphatic heterocycles. The van der Waals surface area contributed by atoms with E-state index in [1.807, 2.05) is 6.07 Å². The number of fused-ring (bicyclic) bond motifs is 10. The van der Waals surface area contributed by atoms with Gasteiger partial charge in [0.2, 0.25) is 0 Å². The van der Waals surface area contributed by atoms with Crippen molar-refractivity contribution in [2.45, 2.75) is 0 Å². The maximum atomic E-state index is 6.63. The summed E-state index contributed by atoms with van der Waals surface area (Å²) in [4.78, 5) is 5.45. The molecule has 10 rings (SSSR count). The number of furan rings is 1. The summed E-state index contributed by atoms with van der Waals surface area (Å²) in [7, 11) is 0. The van der Waals surface area contributed by atoms with Crippen LogP contribution in [0.1, 0.15) is 0 Å². The molecule has 2 aromatic heterocycles. The lowest BCUT2D eigenvalue weighted by atomic mass is 9.85. The van der Waals surface area contributed by atoms with Gasteiger partial charge < -0.3 is 4.42 Å². The first-order valence-corrected chi connectivity index (χ1v) is 15.4. The summed E-state index contributed by atoms with van der Waals surface area (Å²) in [6, 6.07) is 54.2. The number of hydrogen-bond acceptors (Lipinski definition) is 2. The van der Waals surface area contributed by atoms with E-state index >= 15 is 0 Å². The second-order valence-electron chi connectivity index (χ2n) is 11.8. The number of benzene rings is 8. The molecule has 0 saturated carbocycles. The number of para-hydroxylation sites is 2. The van der Waals surface area contributed by atoms with Crippen molar-refractivity contribution in [3.8, 4) is 22.4 Å². The molecule has 0 aliphatic carbocycles. The maximum absolute atomic E-state index is 6.63. The van der Waals surface area contributed by atoms with Crippen molar-refractivity contribution in [1.82, 2.24) is 4.98 Å². The van der Waals surface area contributed by atoms with E-state index in [4.69, 9.17) is 9.40 Å². The Bertz CT molecular complexity index is 2760. The lowest BCUT2D eigenvalue weighted by Gasteiger charge is -2.19. The SMILES string of the molecule is c1ccc2c(-c3c4ccccc4c(-c4nc5ccccc5c5c4ccc4c6ccccc6oc45)c4ccccc34)cccc2c1. The summed E-state index contributed by atoms with van der Waals surface area (Å²) in [5, 5.41) is 12.9. The van der Waals surface area contributed by atoms with Crippen LogP contribution in [0.4, 0.5) is 0 Å². The Labute approximate surface area is 258 Å². The van der Waals surface area contributed by atoms with Gasteiger partial charge in [0.15, 0.2) is 0 Å². The molecule has 0 amide bonds. The molecule has 8 aromatic carbocycles. The lowest BCUT2D eigenvalue weighted by Crippen LogP contribution is -1.95. The second-order valence-corrected chi connectivity index (χ2v) is 11.8. The van der Waals surface area contributed by atoms with Crippen molar-refractivity contribution >= 4 is 75.9 Å². The Hall–Kier alpha value is -5.99. The molecule has 0 N–H and O–H groups in total. The van der Waals surface area contributed by atoms with E-state index in [1.54, 1.807) is 0 Å². The Morgan fingerprint density at radius 3 is 1.69 bits per heavy atom. The molecule has 45 heavy (non-hydrogen) atoms. The fourth-order valence-electron chi connectivity index (χ4n) is 7.52.